The van der Waals surface area contributed by atoms with Gasteiger partial charge in [-0.05, 0) is 54.6 Å². The summed E-state index contributed by atoms with van der Waals surface area (Å²) in [5, 5.41) is 5.79. The van der Waals surface area contributed by atoms with Gasteiger partial charge in [-0.3, -0.25) is 0 Å². The first-order valence-corrected chi connectivity index (χ1v) is 10.0. The van der Waals surface area contributed by atoms with Crippen molar-refractivity contribution in [3.8, 4) is 11.3 Å². The molecule has 1 unspecified atom stereocenters. The van der Waals surface area contributed by atoms with Crippen LogP contribution in [-0.4, -0.2) is 28.5 Å². The fourth-order valence-corrected chi connectivity index (χ4v) is 4.02. The van der Waals surface area contributed by atoms with Gasteiger partial charge < -0.3 is 14.6 Å². The number of rotatable bonds is 4. The quantitative estimate of drug-likeness (QED) is 0.533. The van der Waals surface area contributed by atoms with Gasteiger partial charge in [-0.1, -0.05) is 30.3 Å². The van der Waals surface area contributed by atoms with Crippen molar-refractivity contribution in [3.05, 3.63) is 77.9 Å². The van der Waals surface area contributed by atoms with Crippen molar-refractivity contribution in [1.29, 1.82) is 0 Å². The second kappa shape index (κ2) is 7.33. The largest absolute Gasteiger partial charge is 0.444 e. The van der Waals surface area contributed by atoms with Gasteiger partial charge in [-0.15, -0.1) is 0 Å². The summed E-state index contributed by atoms with van der Waals surface area (Å²) in [6, 6.07) is 15.3. The van der Waals surface area contributed by atoms with Crippen molar-refractivity contribution < 1.29 is 4.42 Å². The molecule has 4 aromatic rings. The number of benzene rings is 2. The van der Waals surface area contributed by atoms with E-state index in [0.29, 0.717) is 0 Å². The molecule has 0 fully saturated rings. The van der Waals surface area contributed by atoms with Crippen LogP contribution in [0.15, 0.2) is 65.7 Å². The van der Waals surface area contributed by atoms with Crippen LogP contribution in [0.3, 0.4) is 0 Å². The van der Waals surface area contributed by atoms with E-state index in [2.05, 4.69) is 70.6 Å². The van der Waals surface area contributed by atoms with E-state index >= 15 is 0 Å². The minimum absolute atomic E-state index is 0.183. The normalized spacial score (nSPS) is 15.2. The molecule has 5 heteroatoms. The maximum Gasteiger partial charge on any atom is 0.181 e. The number of nitrogens with one attached hydrogen (secondary N) is 1. The lowest BCUT2D eigenvalue weighted by Crippen LogP contribution is -2.26. The van der Waals surface area contributed by atoms with Crippen molar-refractivity contribution in [2.24, 2.45) is 0 Å². The van der Waals surface area contributed by atoms with Crippen molar-refractivity contribution in [3.63, 3.8) is 0 Å². The number of aromatic nitrogens is 2. The molecule has 1 aliphatic rings. The highest BCUT2D eigenvalue weighted by Crippen LogP contribution is 2.28. The number of nitrogens with zero attached hydrogens (tertiary/aromatic N) is 3. The topological polar surface area (TPSA) is 54.2 Å². The van der Waals surface area contributed by atoms with Crippen molar-refractivity contribution >= 4 is 16.6 Å². The predicted octanol–water partition coefficient (Wildman–Crippen LogP) is 5.05. The molecular formula is C24H24N4O. The number of anilines is 1. The third kappa shape index (κ3) is 3.61. The van der Waals surface area contributed by atoms with Crippen LogP contribution < -0.4 is 5.32 Å². The summed E-state index contributed by atoms with van der Waals surface area (Å²) in [7, 11) is 2.18. The predicted molar refractivity (Wildman–Crippen MR) is 116 cm³/mol. The van der Waals surface area contributed by atoms with E-state index in [4.69, 9.17) is 4.42 Å². The number of oxazole rings is 1. The Balaban J connectivity index is 1.39. The molecule has 2 aromatic heterocycles. The Bertz CT molecular complexity index is 1150. The lowest BCUT2D eigenvalue weighted by molar-refractivity contribution is 0.313. The van der Waals surface area contributed by atoms with Crippen LogP contribution in [0.2, 0.25) is 0 Å². The van der Waals surface area contributed by atoms with Crippen LogP contribution in [0.4, 0.5) is 5.82 Å². The molecule has 5 nitrogen and oxygen atoms in total. The van der Waals surface area contributed by atoms with Crippen molar-refractivity contribution in [2.75, 3.05) is 18.9 Å². The van der Waals surface area contributed by atoms with Crippen LogP contribution in [0.5, 0.6) is 0 Å². The molecule has 146 valence electrons. The second-order valence-corrected chi connectivity index (χ2v) is 7.88. The van der Waals surface area contributed by atoms with E-state index in [1.54, 1.807) is 6.20 Å². The summed E-state index contributed by atoms with van der Waals surface area (Å²) in [5.41, 5.74) is 5.22. The zero-order chi connectivity index (χ0) is 19.8. The fraction of sp³-hybridized carbons (Fsp3) is 0.250. The molecule has 29 heavy (non-hydrogen) atoms. The number of hydrogen-bond acceptors (Lipinski definition) is 5. The molecule has 3 heterocycles. The Morgan fingerprint density at radius 2 is 1.97 bits per heavy atom. The van der Waals surface area contributed by atoms with Gasteiger partial charge >= 0.3 is 0 Å². The molecule has 0 saturated carbocycles. The SMILES string of the molecule is CC(Nc1cc2cc(-c3cnco3)ccc2cn1)c1ccc2c(c1)CCN(C)C2. The van der Waals surface area contributed by atoms with Gasteiger partial charge in [0.05, 0.1) is 6.20 Å². The molecule has 1 aliphatic heterocycles. The standard InChI is InChI=1S/C24H24N4O/c1-16(17-3-6-21-14-28(2)8-7-18(21)9-17)27-24-11-22-10-19(23-13-25-15-29-23)4-5-20(22)12-26-24/h3-6,9-13,15-16H,7-8,14H2,1-2H3,(H,26,27). The lowest BCUT2D eigenvalue weighted by Gasteiger charge is -2.26. The zero-order valence-corrected chi connectivity index (χ0v) is 16.7. The van der Waals surface area contributed by atoms with E-state index in [9.17, 15) is 0 Å². The van der Waals surface area contributed by atoms with Gasteiger partial charge in [-0.2, -0.15) is 0 Å². The fourth-order valence-electron chi connectivity index (χ4n) is 4.02. The van der Waals surface area contributed by atoms with Crippen LogP contribution in [0.25, 0.3) is 22.1 Å². The lowest BCUT2D eigenvalue weighted by atomic mass is 9.95. The number of likely N-dealkylation sites (N-methyl/N-ethyl adjacent to an activating group) is 1. The molecule has 1 atom stereocenters. The van der Waals surface area contributed by atoms with Crippen molar-refractivity contribution in [1.82, 2.24) is 14.9 Å². The van der Waals surface area contributed by atoms with Gasteiger partial charge in [0.1, 0.15) is 5.82 Å². The Morgan fingerprint density at radius 3 is 2.83 bits per heavy atom. The Morgan fingerprint density at radius 1 is 1.03 bits per heavy atom. The summed E-state index contributed by atoms with van der Waals surface area (Å²) in [5.74, 6) is 1.64. The highest BCUT2D eigenvalue weighted by Gasteiger charge is 2.15. The Labute approximate surface area is 170 Å². The molecule has 0 bridgehead atoms. The maximum atomic E-state index is 5.43. The first kappa shape index (κ1) is 17.9. The molecule has 5 rings (SSSR count). The summed E-state index contributed by atoms with van der Waals surface area (Å²) < 4.78 is 5.43. The number of fused-ring (bicyclic) bond motifs is 2. The average molecular weight is 384 g/mol. The van der Waals surface area contributed by atoms with E-state index in [1.165, 1.54) is 23.1 Å². The zero-order valence-electron chi connectivity index (χ0n) is 16.7. The molecule has 1 N–H and O–H groups in total. The monoisotopic (exact) mass is 384 g/mol. The molecule has 0 amide bonds. The number of hydrogen-bond donors (Lipinski definition) is 1. The van der Waals surface area contributed by atoms with Gasteiger partial charge in [0, 0.05) is 36.3 Å². The highest BCUT2D eigenvalue weighted by atomic mass is 16.3. The Hall–Kier alpha value is -3.18. The van der Waals surface area contributed by atoms with Crippen LogP contribution >= 0.6 is 0 Å². The number of pyridine rings is 1. The third-order valence-corrected chi connectivity index (χ3v) is 5.74. The van der Waals surface area contributed by atoms with E-state index in [0.717, 1.165) is 47.4 Å². The average Bonchev–Trinajstić information content (AvgIpc) is 3.28. The summed E-state index contributed by atoms with van der Waals surface area (Å²) >= 11 is 0. The van der Waals surface area contributed by atoms with E-state index < -0.39 is 0 Å². The molecule has 0 saturated heterocycles. The summed E-state index contributed by atoms with van der Waals surface area (Å²) in [6.45, 7) is 4.35. The van der Waals surface area contributed by atoms with E-state index in [1.807, 2.05) is 12.3 Å². The molecular weight excluding hydrogens is 360 g/mol. The highest BCUT2D eigenvalue weighted by molar-refractivity contribution is 5.87. The molecule has 0 aliphatic carbocycles. The van der Waals surface area contributed by atoms with Gasteiger partial charge in [0.15, 0.2) is 12.2 Å². The van der Waals surface area contributed by atoms with Gasteiger partial charge in [0.2, 0.25) is 0 Å². The Kier molecular flexibility index (Phi) is 4.52. The second-order valence-electron chi connectivity index (χ2n) is 7.88. The first-order valence-electron chi connectivity index (χ1n) is 10.0. The minimum Gasteiger partial charge on any atom is -0.444 e. The maximum absolute atomic E-state index is 5.43. The summed E-state index contributed by atoms with van der Waals surface area (Å²) in [4.78, 5) is 11.0. The molecule has 0 spiro atoms. The van der Waals surface area contributed by atoms with Crippen LogP contribution in [0, 0.1) is 0 Å². The summed E-state index contributed by atoms with van der Waals surface area (Å²) in [6.07, 6.45) is 6.22. The third-order valence-electron chi connectivity index (χ3n) is 5.74. The van der Waals surface area contributed by atoms with Crippen LogP contribution in [0.1, 0.15) is 29.7 Å². The van der Waals surface area contributed by atoms with Crippen LogP contribution in [-0.2, 0) is 13.0 Å². The van der Waals surface area contributed by atoms with Crippen molar-refractivity contribution in [2.45, 2.75) is 25.9 Å². The van der Waals surface area contributed by atoms with E-state index in [-0.39, 0.29) is 6.04 Å². The molecule has 2 aromatic carbocycles. The van der Waals surface area contributed by atoms with Gasteiger partial charge in [0.25, 0.3) is 0 Å². The van der Waals surface area contributed by atoms with Gasteiger partial charge in [-0.25, -0.2) is 9.97 Å². The smallest absolute Gasteiger partial charge is 0.181 e. The minimum atomic E-state index is 0.183. The first-order chi connectivity index (χ1) is 14.2. The molecule has 0 radical (unpaired) electrons.